The summed E-state index contributed by atoms with van der Waals surface area (Å²) in [4.78, 5) is 18.2. The minimum atomic E-state index is -0.587. The Labute approximate surface area is 158 Å². The Balaban J connectivity index is 1.77. The van der Waals surface area contributed by atoms with Crippen molar-refractivity contribution >= 4 is 17.4 Å². The Bertz CT molecular complexity index is 927. The van der Waals surface area contributed by atoms with Crippen molar-refractivity contribution in [1.82, 2.24) is 9.88 Å². The van der Waals surface area contributed by atoms with Gasteiger partial charge in [-0.25, -0.2) is 9.37 Å². The number of benzene rings is 1. The quantitative estimate of drug-likeness (QED) is 0.808. The number of hydrogen-bond acceptors (Lipinski definition) is 4. The molecule has 1 aliphatic heterocycles. The van der Waals surface area contributed by atoms with Crippen molar-refractivity contribution < 1.29 is 9.18 Å². The molecule has 0 radical (unpaired) electrons. The Kier molecular flexibility index (Phi) is 4.09. The van der Waals surface area contributed by atoms with Crippen molar-refractivity contribution in [2.45, 2.75) is 31.6 Å². The van der Waals surface area contributed by atoms with E-state index in [1.54, 1.807) is 32.4 Å². The zero-order chi connectivity index (χ0) is 19.3. The molecular formula is C21H25FN4O. The molecule has 1 spiro atoms. The van der Waals surface area contributed by atoms with Crippen LogP contribution in [-0.4, -0.2) is 36.4 Å². The fourth-order valence-corrected chi connectivity index (χ4v) is 4.38. The van der Waals surface area contributed by atoms with Crippen LogP contribution in [0.1, 0.15) is 42.1 Å². The summed E-state index contributed by atoms with van der Waals surface area (Å²) < 4.78 is 15.2. The second-order valence-corrected chi connectivity index (χ2v) is 7.91. The van der Waals surface area contributed by atoms with Gasteiger partial charge in [0.1, 0.15) is 11.6 Å². The van der Waals surface area contributed by atoms with Gasteiger partial charge < -0.3 is 16.0 Å². The summed E-state index contributed by atoms with van der Waals surface area (Å²) in [5, 5.41) is 3.40. The third-order valence-electron chi connectivity index (χ3n) is 5.97. The van der Waals surface area contributed by atoms with Crippen LogP contribution in [0.3, 0.4) is 0 Å². The van der Waals surface area contributed by atoms with Crippen molar-refractivity contribution in [3.8, 4) is 11.1 Å². The summed E-state index contributed by atoms with van der Waals surface area (Å²) in [6.45, 7) is 3.11. The van der Waals surface area contributed by atoms with Crippen LogP contribution in [0.4, 0.5) is 15.9 Å². The maximum atomic E-state index is 15.2. The molecule has 3 N–H and O–H groups in total. The average molecular weight is 368 g/mol. The fraction of sp³-hybridized carbons (Fsp3) is 0.429. The molecule has 27 heavy (non-hydrogen) atoms. The largest absolute Gasteiger partial charge is 0.398 e. The highest BCUT2D eigenvalue weighted by atomic mass is 19.1. The lowest BCUT2D eigenvalue weighted by molar-refractivity contribution is 0.0824. The SMILES string of the molecule is CCC[C@H]1C[C@@]12CNc1ncc(-c3ccc(N)c(C(=O)N(C)C)c3F)cc12. The normalized spacial score (nSPS) is 22.4. The number of nitrogen functional groups attached to an aromatic ring is 1. The summed E-state index contributed by atoms with van der Waals surface area (Å²) in [6, 6.07) is 5.26. The maximum absolute atomic E-state index is 15.2. The second-order valence-electron chi connectivity index (χ2n) is 7.91. The van der Waals surface area contributed by atoms with Crippen molar-refractivity contribution in [3.63, 3.8) is 0 Å². The number of nitrogens with one attached hydrogen (secondary N) is 1. The van der Waals surface area contributed by atoms with Gasteiger partial charge in [0.25, 0.3) is 5.91 Å². The summed E-state index contributed by atoms with van der Waals surface area (Å²) in [5.41, 5.74) is 8.31. The predicted octanol–water partition coefficient (Wildman–Crippen LogP) is 3.66. The van der Waals surface area contributed by atoms with Crippen LogP contribution in [-0.2, 0) is 5.41 Å². The number of carbonyl (C=O) groups excluding carboxylic acids is 1. The van der Waals surface area contributed by atoms with Crippen LogP contribution in [0.25, 0.3) is 11.1 Å². The number of hydrogen-bond donors (Lipinski definition) is 2. The molecule has 142 valence electrons. The number of nitrogens with two attached hydrogens (primary N) is 1. The first-order chi connectivity index (χ1) is 12.9. The van der Waals surface area contributed by atoms with Gasteiger partial charge >= 0.3 is 0 Å². The minimum Gasteiger partial charge on any atom is -0.398 e. The number of halogens is 1. The molecule has 5 nitrogen and oxygen atoms in total. The van der Waals surface area contributed by atoms with Crippen molar-refractivity contribution in [2.75, 3.05) is 31.7 Å². The molecular weight excluding hydrogens is 343 g/mol. The monoisotopic (exact) mass is 368 g/mol. The number of rotatable bonds is 4. The van der Waals surface area contributed by atoms with Gasteiger partial charge in [-0.15, -0.1) is 0 Å². The molecule has 1 fully saturated rings. The zero-order valence-electron chi connectivity index (χ0n) is 16.0. The van der Waals surface area contributed by atoms with E-state index in [1.165, 1.54) is 16.9 Å². The minimum absolute atomic E-state index is 0.0823. The molecule has 2 atom stereocenters. The van der Waals surface area contributed by atoms with Crippen LogP contribution >= 0.6 is 0 Å². The van der Waals surface area contributed by atoms with Gasteiger partial charge in [-0.05, 0) is 37.0 Å². The second kappa shape index (κ2) is 6.22. The Morgan fingerprint density at radius 3 is 2.93 bits per heavy atom. The Morgan fingerprint density at radius 2 is 2.22 bits per heavy atom. The molecule has 0 unspecified atom stereocenters. The van der Waals surface area contributed by atoms with Crippen molar-refractivity contribution in [1.29, 1.82) is 0 Å². The van der Waals surface area contributed by atoms with E-state index in [0.717, 1.165) is 25.2 Å². The first-order valence-electron chi connectivity index (χ1n) is 9.43. The molecule has 6 heteroatoms. The third kappa shape index (κ3) is 2.66. The van der Waals surface area contributed by atoms with Crippen LogP contribution in [0.15, 0.2) is 24.4 Å². The van der Waals surface area contributed by atoms with E-state index >= 15 is 4.39 Å². The number of aromatic nitrogens is 1. The van der Waals surface area contributed by atoms with E-state index in [-0.39, 0.29) is 16.7 Å². The molecule has 1 aromatic carbocycles. The molecule has 0 bridgehead atoms. The number of amides is 1. The molecule has 2 aliphatic rings. The van der Waals surface area contributed by atoms with Crippen LogP contribution in [0.5, 0.6) is 0 Å². The molecule has 2 heterocycles. The highest BCUT2D eigenvalue weighted by molar-refractivity contribution is 6.00. The van der Waals surface area contributed by atoms with Gasteiger partial charge in [-0.1, -0.05) is 13.3 Å². The number of fused-ring (bicyclic) bond motifs is 2. The van der Waals surface area contributed by atoms with Crippen LogP contribution < -0.4 is 11.1 Å². The molecule has 1 aliphatic carbocycles. The summed E-state index contributed by atoms with van der Waals surface area (Å²) in [6.07, 6.45) is 5.18. The first-order valence-corrected chi connectivity index (χ1v) is 9.43. The first kappa shape index (κ1) is 17.8. The van der Waals surface area contributed by atoms with E-state index < -0.39 is 11.7 Å². The van der Waals surface area contributed by atoms with Gasteiger partial charge in [0, 0.05) is 54.6 Å². The smallest absolute Gasteiger partial charge is 0.258 e. The predicted molar refractivity (Wildman–Crippen MR) is 105 cm³/mol. The molecule has 4 rings (SSSR count). The van der Waals surface area contributed by atoms with Crippen molar-refractivity contribution in [3.05, 3.63) is 41.3 Å². The van der Waals surface area contributed by atoms with E-state index in [0.29, 0.717) is 17.0 Å². The number of anilines is 2. The lowest BCUT2D eigenvalue weighted by Crippen LogP contribution is -2.24. The standard InChI is InChI=1S/C21H25FN4O/c1-4-5-13-9-21(13)11-25-19-15(21)8-12(10-24-19)14-6-7-16(23)17(18(14)22)20(27)26(2)3/h6-8,10,13H,4-5,9,11,23H2,1-3H3,(H,24,25)/t13-,21+/m0/s1. The number of pyridine rings is 1. The highest BCUT2D eigenvalue weighted by Crippen LogP contribution is 2.60. The lowest BCUT2D eigenvalue weighted by Gasteiger charge is -2.16. The van der Waals surface area contributed by atoms with Crippen LogP contribution in [0.2, 0.25) is 0 Å². The van der Waals surface area contributed by atoms with Gasteiger partial charge in [0.2, 0.25) is 0 Å². The average Bonchev–Trinajstić information content (AvgIpc) is 3.21. The topological polar surface area (TPSA) is 71.2 Å². The lowest BCUT2D eigenvalue weighted by atomic mass is 9.92. The van der Waals surface area contributed by atoms with Gasteiger partial charge in [0.05, 0.1) is 5.56 Å². The molecule has 1 saturated carbocycles. The molecule has 0 saturated heterocycles. The summed E-state index contributed by atoms with van der Waals surface area (Å²) in [5.74, 6) is 0.536. The molecule has 1 amide bonds. The fourth-order valence-electron chi connectivity index (χ4n) is 4.38. The highest BCUT2D eigenvalue weighted by Gasteiger charge is 2.58. The maximum Gasteiger partial charge on any atom is 0.258 e. The third-order valence-corrected chi connectivity index (χ3v) is 5.97. The van der Waals surface area contributed by atoms with Gasteiger partial charge in [-0.2, -0.15) is 0 Å². The summed E-state index contributed by atoms with van der Waals surface area (Å²) in [7, 11) is 3.17. The Hall–Kier alpha value is -2.63. The Morgan fingerprint density at radius 1 is 1.44 bits per heavy atom. The van der Waals surface area contributed by atoms with Crippen molar-refractivity contribution in [2.24, 2.45) is 5.92 Å². The van der Waals surface area contributed by atoms with E-state index in [9.17, 15) is 4.79 Å². The van der Waals surface area contributed by atoms with Crippen LogP contribution in [0, 0.1) is 11.7 Å². The van der Waals surface area contributed by atoms with Gasteiger partial charge in [-0.3, -0.25) is 4.79 Å². The van der Waals surface area contributed by atoms with E-state index in [2.05, 4.69) is 17.2 Å². The zero-order valence-corrected chi connectivity index (χ0v) is 16.0. The van der Waals surface area contributed by atoms with E-state index in [1.807, 2.05) is 6.07 Å². The number of carbonyl (C=O) groups is 1. The molecule has 2 aromatic rings. The molecule has 1 aromatic heterocycles. The van der Waals surface area contributed by atoms with Gasteiger partial charge in [0.15, 0.2) is 0 Å². The van der Waals surface area contributed by atoms with E-state index in [4.69, 9.17) is 5.73 Å². The number of nitrogens with zero attached hydrogens (tertiary/aromatic N) is 2. The summed E-state index contributed by atoms with van der Waals surface area (Å²) >= 11 is 0.